The Morgan fingerprint density at radius 3 is 2.10 bits per heavy atom. The monoisotopic (exact) mass is 464 g/mol. The molecule has 2 aromatic rings. The van der Waals surface area contributed by atoms with Gasteiger partial charge in [-0.3, -0.25) is 9.59 Å². The number of carboxylic acid groups (broad SMARTS) is 1. The van der Waals surface area contributed by atoms with Crippen molar-refractivity contribution in [1.29, 1.82) is 0 Å². The molecule has 162 valence electrons. The molecule has 4 amide bonds. The first-order valence-electron chi connectivity index (χ1n) is 9.09. The molecule has 2 aromatic carbocycles. The summed E-state index contributed by atoms with van der Waals surface area (Å²) in [5.41, 5.74) is 7.03. The molecule has 0 saturated carbocycles. The molecule has 3 rings (SSSR count). The number of nitrogens with one attached hydrogen (secondary N) is 2. The van der Waals surface area contributed by atoms with E-state index in [1.807, 2.05) is 24.3 Å². The van der Waals surface area contributed by atoms with Crippen molar-refractivity contribution in [3.63, 3.8) is 0 Å². The SMILES string of the molecule is NC(=O)NC[C@H](NC(=O)c1c(Cl)cc(C(=O)N2Cc3ccccc3C2)cc1Cl)C(=O)O. The van der Waals surface area contributed by atoms with Crippen LogP contribution in [0.5, 0.6) is 0 Å². The Morgan fingerprint density at radius 2 is 1.61 bits per heavy atom. The van der Waals surface area contributed by atoms with E-state index in [1.165, 1.54) is 12.1 Å². The molecule has 0 radical (unpaired) electrons. The topological polar surface area (TPSA) is 142 Å². The van der Waals surface area contributed by atoms with Gasteiger partial charge in [-0.05, 0) is 23.3 Å². The second-order valence-electron chi connectivity index (χ2n) is 6.85. The van der Waals surface area contributed by atoms with E-state index in [-0.39, 0.29) is 27.1 Å². The zero-order chi connectivity index (χ0) is 22.7. The van der Waals surface area contributed by atoms with Crippen molar-refractivity contribution in [2.45, 2.75) is 19.1 Å². The minimum atomic E-state index is -1.46. The van der Waals surface area contributed by atoms with E-state index in [2.05, 4.69) is 10.6 Å². The third-order valence-electron chi connectivity index (χ3n) is 4.73. The Labute approximate surface area is 187 Å². The van der Waals surface area contributed by atoms with E-state index in [0.29, 0.717) is 13.1 Å². The van der Waals surface area contributed by atoms with Crippen LogP contribution in [0.4, 0.5) is 4.79 Å². The van der Waals surface area contributed by atoms with E-state index < -0.39 is 30.5 Å². The summed E-state index contributed by atoms with van der Waals surface area (Å²) in [5.74, 6) is -2.57. The van der Waals surface area contributed by atoms with Crippen LogP contribution >= 0.6 is 23.2 Å². The van der Waals surface area contributed by atoms with Crippen molar-refractivity contribution in [1.82, 2.24) is 15.5 Å². The summed E-state index contributed by atoms with van der Waals surface area (Å²) in [5, 5.41) is 13.3. The Balaban J connectivity index is 1.77. The summed E-state index contributed by atoms with van der Waals surface area (Å²) in [6.07, 6.45) is 0. The summed E-state index contributed by atoms with van der Waals surface area (Å²) in [6.45, 7) is 0.455. The first kappa shape index (κ1) is 22.4. The van der Waals surface area contributed by atoms with Gasteiger partial charge < -0.3 is 26.4 Å². The van der Waals surface area contributed by atoms with Crippen molar-refractivity contribution in [3.05, 3.63) is 68.7 Å². The van der Waals surface area contributed by atoms with Crippen LogP contribution < -0.4 is 16.4 Å². The van der Waals surface area contributed by atoms with Crippen molar-refractivity contribution < 1.29 is 24.3 Å². The predicted octanol–water partition coefficient (Wildman–Crippen LogP) is 2.00. The van der Waals surface area contributed by atoms with E-state index in [0.717, 1.165) is 11.1 Å². The molecule has 0 aromatic heterocycles. The maximum atomic E-state index is 12.9. The molecular formula is C20H18Cl2N4O5. The van der Waals surface area contributed by atoms with Crippen LogP contribution in [0.15, 0.2) is 36.4 Å². The molecule has 0 bridgehead atoms. The second kappa shape index (κ2) is 9.23. The van der Waals surface area contributed by atoms with Gasteiger partial charge in [-0.2, -0.15) is 0 Å². The molecule has 1 atom stereocenters. The lowest BCUT2D eigenvalue weighted by atomic mass is 10.1. The van der Waals surface area contributed by atoms with Crippen LogP contribution in [0, 0.1) is 0 Å². The van der Waals surface area contributed by atoms with Gasteiger partial charge in [0.15, 0.2) is 0 Å². The second-order valence-corrected chi connectivity index (χ2v) is 7.67. The van der Waals surface area contributed by atoms with Crippen LogP contribution in [0.25, 0.3) is 0 Å². The van der Waals surface area contributed by atoms with E-state index in [1.54, 1.807) is 4.90 Å². The summed E-state index contributed by atoms with van der Waals surface area (Å²) >= 11 is 12.4. The minimum Gasteiger partial charge on any atom is -0.480 e. The van der Waals surface area contributed by atoms with Gasteiger partial charge in [0.2, 0.25) is 0 Å². The highest BCUT2D eigenvalue weighted by molar-refractivity contribution is 6.40. The molecule has 1 heterocycles. The quantitative estimate of drug-likeness (QED) is 0.516. The van der Waals surface area contributed by atoms with E-state index in [4.69, 9.17) is 28.9 Å². The Hall–Kier alpha value is -3.30. The maximum absolute atomic E-state index is 12.9. The standard InChI is InChI=1S/C20H18Cl2N4O5/c21-13-5-12(18(28)26-8-10-3-1-2-4-11(10)9-26)6-14(22)16(13)17(27)25-15(19(29)30)7-24-20(23)31/h1-6,15H,7-9H2,(H,25,27)(H,29,30)(H3,23,24,31)/t15-/m0/s1. The van der Waals surface area contributed by atoms with Gasteiger partial charge in [-0.25, -0.2) is 9.59 Å². The summed E-state index contributed by atoms with van der Waals surface area (Å²) in [4.78, 5) is 49.2. The highest BCUT2D eigenvalue weighted by atomic mass is 35.5. The van der Waals surface area contributed by atoms with Crippen LogP contribution in [-0.4, -0.2) is 46.4 Å². The highest BCUT2D eigenvalue weighted by Crippen LogP contribution is 2.29. The molecule has 0 aliphatic carbocycles. The Kier molecular flexibility index (Phi) is 6.67. The lowest BCUT2D eigenvalue weighted by molar-refractivity contribution is -0.139. The van der Waals surface area contributed by atoms with Crippen molar-refractivity contribution >= 4 is 47.0 Å². The number of urea groups is 1. The van der Waals surface area contributed by atoms with Gasteiger partial charge in [-0.15, -0.1) is 0 Å². The Bertz CT molecular complexity index is 1030. The minimum absolute atomic E-state index is 0.114. The zero-order valence-corrected chi connectivity index (χ0v) is 17.5. The number of carbonyl (C=O) groups is 4. The number of nitrogens with zero attached hydrogens (tertiary/aromatic N) is 1. The molecule has 0 saturated heterocycles. The number of hydrogen-bond acceptors (Lipinski definition) is 4. The molecule has 1 aliphatic rings. The van der Waals surface area contributed by atoms with Crippen molar-refractivity contribution in [2.24, 2.45) is 5.73 Å². The average molecular weight is 465 g/mol. The molecule has 31 heavy (non-hydrogen) atoms. The number of halogens is 2. The molecular weight excluding hydrogens is 447 g/mol. The third kappa shape index (κ3) is 5.07. The Morgan fingerprint density at radius 1 is 1.06 bits per heavy atom. The molecule has 0 unspecified atom stereocenters. The fourth-order valence-corrected chi connectivity index (χ4v) is 3.86. The number of carbonyl (C=O) groups excluding carboxylic acids is 3. The van der Waals surface area contributed by atoms with Crippen LogP contribution in [0.1, 0.15) is 31.8 Å². The molecule has 0 fully saturated rings. The lowest BCUT2D eigenvalue weighted by Crippen LogP contribution is -2.49. The number of aliphatic carboxylic acids is 1. The highest BCUT2D eigenvalue weighted by Gasteiger charge is 2.27. The van der Waals surface area contributed by atoms with Crippen molar-refractivity contribution in [2.75, 3.05) is 6.54 Å². The smallest absolute Gasteiger partial charge is 0.328 e. The van der Waals surface area contributed by atoms with Gasteiger partial charge in [0.25, 0.3) is 11.8 Å². The van der Waals surface area contributed by atoms with Crippen LogP contribution in [0.2, 0.25) is 10.0 Å². The number of amides is 4. The fraction of sp³-hybridized carbons (Fsp3) is 0.200. The van der Waals surface area contributed by atoms with E-state index in [9.17, 15) is 24.3 Å². The third-order valence-corrected chi connectivity index (χ3v) is 5.32. The number of carboxylic acids is 1. The first-order valence-corrected chi connectivity index (χ1v) is 9.85. The van der Waals surface area contributed by atoms with Gasteiger partial charge in [-0.1, -0.05) is 47.5 Å². The summed E-state index contributed by atoms with van der Waals surface area (Å²) in [6, 6.07) is 7.91. The maximum Gasteiger partial charge on any atom is 0.328 e. The number of primary amides is 1. The zero-order valence-electron chi connectivity index (χ0n) is 16.0. The van der Waals surface area contributed by atoms with Gasteiger partial charge in [0.1, 0.15) is 6.04 Å². The van der Waals surface area contributed by atoms with Gasteiger partial charge in [0, 0.05) is 18.7 Å². The molecule has 11 heteroatoms. The largest absolute Gasteiger partial charge is 0.480 e. The summed E-state index contributed by atoms with van der Waals surface area (Å²) < 4.78 is 0. The number of fused-ring (bicyclic) bond motifs is 1. The van der Waals surface area contributed by atoms with Crippen molar-refractivity contribution in [3.8, 4) is 0 Å². The van der Waals surface area contributed by atoms with Crippen LogP contribution in [-0.2, 0) is 17.9 Å². The number of rotatable bonds is 6. The van der Waals surface area contributed by atoms with Gasteiger partial charge in [0.05, 0.1) is 22.2 Å². The molecule has 9 nitrogen and oxygen atoms in total. The fourth-order valence-electron chi connectivity index (χ4n) is 3.21. The van der Waals surface area contributed by atoms with E-state index >= 15 is 0 Å². The average Bonchev–Trinajstić information content (AvgIpc) is 3.13. The molecule has 5 N–H and O–H groups in total. The number of benzene rings is 2. The lowest BCUT2D eigenvalue weighted by Gasteiger charge is -2.18. The van der Waals surface area contributed by atoms with Gasteiger partial charge >= 0.3 is 12.0 Å². The summed E-state index contributed by atoms with van der Waals surface area (Å²) in [7, 11) is 0. The first-order chi connectivity index (χ1) is 14.7. The predicted molar refractivity (Wildman–Crippen MR) is 113 cm³/mol. The van der Waals surface area contributed by atoms with Crippen LogP contribution in [0.3, 0.4) is 0 Å². The molecule has 1 aliphatic heterocycles. The number of hydrogen-bond donors (Lipinski definition) is 4. The molecule has 0 spiro atoms. The normalized spacial score (nSPS) is 13.3. The number of nitrogens with two attached hydrogens (primary N) is 1.